The number of carbonyl (C=O) groups excluding carboxylic acids is 3. The van der Waals surface area contributed by atoms with Gasteiger partial charge < -0.3 is 10.1 Å². The molecule has 1 aliphatic rings. The minimum atomic E-state index is -0.494. The summed E-state index contributed by atoms with van der Waals surface area (Å²) in [6.07, 6.45) is 3.37. The van der Waals surface area contributed by atoms with Gasteiger partial charge in [0.15, 0.2) is 0 Å². The highest BCUT2D eigenvalue weighted by atomic mass is 16.5. The second kappa shape index (κ2) is 9.33. The van der Waals surface area contributed by atoms with Gasteiger partial charge in [-0.1, -0.05) is 13.3 Å². The van der Waals surface area contributed by atoms with Gasteiger partial charge >= 0.3 is 12.0 Å². The molecule has 1 saturated heterocycles. The molecule has 0 bridgehead atoms. The van der Waals surface area contributed by atoms with Crippen LogP contribution in [0.2, 0.25) is 0 Å². The number of ether oxygens (including phenoxy) is 1. The lowest BCUT2D eigenvalue weighted by Crippen LogP contribution is -2.51. The summed E-state index contributed by atoms with van der Waals surface area (Å²) in [7, 11) is 0. The summed E-state index contributed by atoms with van der Waals surface area (Å²) >= 11 is 0. The third-order valence-corrected chi connectivity index (χ3v) is 3.31. The van der Waals surface area contributed by atoms with Gasteiger partial charge in [-0.25, -0.2) is 4.79 Å². The molecule has 0 aromatic rings. The summed E-state index contributed by atoms with van der Waals surface area (Å²) in [5.41, 5.74) is 0. The first-order valence-corrected chi connectivity index (χ1v) is 7.56. The lowest BCUT2D eigenvalue weighted by molar-refractivity contribution is -0.151. The van der Waals surface area contributed by atoms with Gasteiger partial charge in [0.1, 0.15) is 6.04 Å². The Labute approximate surface area is 125 Å². The number of esters is 1. The predicted octanol–water partition coefficient (Wildman–Crippen LogP) is 0.640. The molecule has 1 atom stereocenters. The van der Waals surface area contributed by atoms with E-state index >= 15 is 0 Å². The van der Waals surface area contributed by atoms with Crippen molar-refractivity contribution in [1.29, 1.82) is 0 Å². The minimum Gasteiger partial charge on any atom is -0.465 e. The van der Waals surface area contributed by atoms with Gasteiger partial charge in [-0.15, -0.1) is 0 Å². The van der Waals surface area contributed by atoms with Crippen LogP contribution in [0.3, 0.4) is 0 Å². The zero-order chi connectivity index (χ0) is 15.7. The van der Waals surface area contributed by atoms with Gasteiger partial charge in [0, 0.05) is 6.54 Å². The summed E-state index contributed by atoms with van der Waals surface area (Å²) in [6.45, 7) is 5.23. The summed E-state index contributed by atoms with van der Waals surface area (Å²) in [6, 6.07) is -0.880. The Balaban J connectivity index is 2.47. The molecule has 2 N–H and O–H groups in total. The number of amides is 3. The lowest BCUT2D eigenvalue weighted by atomic mass is 10.0. The molecule has 0 aliphatic carbocycles. The third kappa shape index (κ3) is 6.12. The SMILES string of the molecule is CCCNC(=O)NC(=O)CN1CCCCC1C(=O)OCC. The fourth-order valence-corrected chi connectivity index (χ4v) is 2.32. The zero-order valence-electron chi connectivity index (χ0n) is 12.8. The van der Waals surface area contributed by atoms with Crippen molar-refractivity contribution in [2.75, 3.05) is 26.2 Å². The molecule has 0 aromatic heterocycles. The van der Waals surface area contributed by atoms with Crippen molar-refractivity contribution in [3.05, 3.63) is 0 Å². The normalized spacial score (nSPS) is 18.9. The van der Waals surface area contributed by atoms with E-state index in [9.17, 15) is 14.4 Å². The fourth-order valence-electron chi connectivity index (χ4n) is 2.32. The third-order valence-electron chi connectivity index (χ3n) is 3.31. The molecule has 0 saturated carbocycles. The highest BCUT2D eigenvalue weighted by Crippen LogP contribution is 2.17. The molecule has 7 nitrogen and oxygen atoms in total. The second-order valence-electron chi connectivity index (χ2n) is 5.04. The van der Waals surface area contributed by atoms with E-state index in [2.05, 4.69) is 10.6 Å². The van der Waals surface area contributed by atoms with Crippen LogP contribution in [-0.2, 0) is 14.3 Å². The number of urea groups is 1. The predicted molar refractivity (Wildman–Crippen MR) is 77.7 cm³/mol. The standard InChI is InChI=1S/C14H25N3O4/c1-3-8-15-14(20)16-12(18)10-17-9-6-5-7-11(17)13(19)21-4-2/h11H,3-10H2,1-2H3,(H2,15,16,18,20). The van der Waals surface area contributed by atoms with Gasteiger partial charge in [-0.3, -0.25) is 19.8 Å². The lowest BCUT2D eigenvalue weighted by Gasteiger charge is -2.33. The smallest absolute Gasteiger partial charge is 0.323 e. The van der Waals surface area contributed by atoms with E-state index in [1.807, 2.05) is 6.92 Å². The van der Waals surface area contributed by atoms with E-state index in [-0.39, 0.29) is 18.6 Å². The van der Waals surface area contributed by atoms with Crippen molar-refractivity contribution in [1.82, 2.24) is 15.5 Å². The maximum atomic E-state index is 11.9. The number of carbonyl (C=O) groups is 3. The van der Waals surface area contributed by atoms with Crippen molar-refractivity contribution < 1.29 is 19.1 Å². The van der Waals surface area contributed by atoms with E-state index in [1.54, 1.807) is 11.8 Å². The summed E-state index contributed by atoms with van der Waals surface area (Å²) < 4.78 is 5.04. The molecule has 1 heterocycles. The van der Waals surface area contributed by atoms with Crippen molar-refractivity contribution in [3.8, 4) is 0 Å². The Hall–Kier alpha value is -1.63. The Morgan fingerprint density at radius 1 is 1.24 bits per heavy atom. The van der Waals surface area contributed by atoms with Crippen LogP contribution in [0, 0.1) is 0 Å². The van der Waals surface area contributed by atoms with Gasteiger partial charge in [0.25, 0.3) is 0 Å². The summed E-state index contributed by atoms with van der Waals surface area (Å²) in [5, 5.41) is 4.84. The number of hydrogen-bond acceptors (Lipinski definition) is 5. The molecule has 0 radical (unpaired) electrons. The first-order chi connectivity index (χ1) is 10.1. The molecule has 7 heteroatoms. The molecule has 0 aromatic carbocycles. The Morgan fingerprint density at radius 2 is 2.00 bits per heavy atom. The van der Waals surface area contributed by atoms with E-state index in [1.165, 1.54) is 0 Å². The van der Waals surface area contributed by atoms with E-state index in [0.717, 1.165) is 19.3 Å². The number of imide groups is 1. The topological polar surface area (TPSA) is 87.7 Å². The van der Waals surface area contributed by atoms with E-state index in [0.29, 0.717) is 26.1 Å². The number of rotatable bonds is 6. The largest absolute Gasteiger partial charge is 0.465 e. The maximum absolute atomic E-state index is 11.9. The van der Waals surface area contributed by atoms with E-state index < -0.39 is 11.9 Å². The van der Waals surface area contributed by atoms with Crippen LogP contribution >= 0.6 is 0 Å². The molecule has 0 spiro atoms. The van der Waals surface area contributed by atoms with E-state index in [4.69, 9.17) is 4.74 Å². The number of hydrogen-bond donors (Lipinski definition) is 2. The molecule has 1 rings (SSSR count). The molecular formula is C14H25N3O4. The highest BCUT2D eigenvalue weighted by molar-refractivity contribution is 5.95. The first kappa shape index (κ1) is 17.4. The van der Waals surface area contributed by atoms with Crippen LogP contribution < -0.4 is 10.6 Å². The molecule has 120 valence electrons. The van der Waals surface area contributed by atoms with Crippen molar-refractivity contribution in [2.24, 2.45) is 0 Å². The Bertz CT molecular complexity index is 373. The van der Waals surface area contributed by atoms with Gasteiger partial charge in [0.05, 0.1) is 13.2 Å². The van der Waals surface area contributed by atoms with Crippen LogP contribution in [-0.4, -0.2) is 55.1 Å². The van der Waals surface area contributed by atoms with Crippen molar-refractivity contribution >= 4 is 17.9 Å². The molecule has 1 unspecified atom stereocenters. The molecular weight excluding hydrogens is 274 g/mol. The van der Waals surface area contributed by atoms with Gasteiger partial charge in [0.2, 0.25) is 5.91 Å². The Morgan fingerprint density at radius 3 is 2.67 bits per heavy atom. The average molecular weight is 299 g/mol. The minimum absolute atomic E-state index is 0.0308. The number of nitrogens with one attached hydrogen (secondary N) is 2. The molecule has 3 amide bonds. The van der Waals surface area contributed by atoms with Gasteiger partial charge in [-0.2, -0.15) is 0 Å². The maximum Gasteiger partial charge on any atom is 0.323 e. The highest BCUT2D eigenvalue weighted by Gasteiger charge is 2.31. The molecule has 21 heavy (non-hydrogen) atoms. The zero-order valence-corrected chi connectivity index (χ0v) is 12.8. The summed E-state index contributed by atoms with van der Waals surface area (Å²) in [4.78, 5) is 36.9. The van der Waals surface area contributed by atoms with Gasteiger partial charge in [-0.05, 0) is 32.7 Å². The quantitative estimate of drug-likeness (QED) is 0.703. The van der Waals surface area contributed by atoms with Crippen LogP contribution in [0.15, 0.2) is 0 Å². The summed E-state index contributed by atoms with van der Waals surface area (Å²) in [5.74, 6) is -0.694. The van der Waals surface area contributed by atoms with Crippen molar-refractivity contribution in [2.45, 2.75) is 45.6 Å². The number of piperidine rings is 1. The first-order valence-electron chi connectivity index (χ1n) is 7.56. The van der Waals surface area contributed by atoms with Crippen LogP contribution in [0.5, 0.6) is 0 Å². The number of likely N-dealkylation sites (tertiary alicyclic amines) is 1. The second-order valence-corrected chi connectivity index (χ2v) is 5.04. The van der Waals surface area contributed by atoms with Crippen molar-refractivity contribution in [3.63, 3.8) is 0 Å². The van der Waals surface area contributed by atoms with Crippen LogP contribution in [0.4, 0.5) is 4.79 Å². The fraction of sp³-hybridized carbons (Fsp3) is 0.786. The van der Waals surface area contributed by atoms with Crippen LogP contribution in [0.25, 0.3) is 0 Å². The molecule has 1 aliphatic heterocycles. The monoisotopic (exact) mass is 299 g/mol. The van der Waals surface area contributed by atoms with Crippen LogP contribution in [0.1, 0.15) is 39.5 Å². The Kier molecular flexibility index (Phi) is 7.74. The molecule has 1 fully saturated rings. The number of nitrogens with zero attached hydrogens (tertiary/aromatic N) is 1. The average Bonchev–Trinajstić information content (AvgIpc) is 2.45.